The summed E-state index contributed by atoms with van der Waals surface area (Å²) in [4.78, 5) is 28.1. The molecule has 6 aromatic rings. The van der Waals surface area contributed by atoms with Crippen molar-refractivity contribution in [1.82, 2.24) is 19.9 Å². The van der Waals surface area contributed by atoms with Crippen molar-refractivity contribution in [2.45, 2.75) is 40.5 Å². The van der Waals surface area contributed by atoms with E-state index < -0.39 is 0 Å². The van der Waals surface area contributed by atoms with Crippen molar-refractivity contribution in [2.75, 3.05) is 0 Å². The van der Waals surface area contributed by atoms with Crippen LogP contribution in [0.3, 0.4) is 0 Å². The molecular weight excluding hydrogens is 818 g/mol. The molecular formula is C40H40Cl4Fe2N6. The molecule has 0 bridgehead atoms. The zero-order chi connectivity index (χ0) is 31.9. The second-order valence-electron chi connectivity index (χ2n) is 11.4. The van der Waals surface area contributed by atoms with Crippen LogP contribution in [0.5, 0.6) is 0 Å². The van der Waals surface area contributed by atoms with Crippen molar-refractivity contribution >= 4 is 73.4 Å². The van der Waals surface area contributed by atoms with Gasteiger partial charge < -0.3 is 0 Å². The van der Waals surface area contributed by atoms with E-state index in [0.717, 1.165) is 67.8 Å². The van der Waals surface area contributed by atoms with Crippen molar-refractivity contribution in [1.29, 1.82) is 0 Å². The normalized spacial score (nSPS) is 10.2. The molecule has 52 heavy (non-hydrogen) atoms. The van der Waals surface area contributed by atoms with Crippen molar-refractivity contribution in [3.63, 3.8) is 0 Å². The van der Waals surface area contributed by atoms with Crippen LogP contribution in [-0.2, 0) is 47.0 Å². The van der Waals surface area contributed by atoms with Gasteiger partial charge >= 0.3 is 0 Å². The van der Waals surface area contributed by atoms with Crippen LogP contribution in [-0.4, -0.2) is 32.4 Å². The zero-order valence-electron chi connectivity index (χ0n) is 29.0. The van der Waals surface area contributed by atoms with Crippen LogP contribution in [0.4, 0.5) is 11.4 Å². The van der Waals surface area contributed by atoms with Gasteiger partial charge in [-0.25, -0.2) is 0 Å². The Labute approximate surface area is 352 Å². The molecule has 0 saturated carbocycles. The van der Waals surface area contributed by atoms with E-state index in [1.54, 1.807) is 12.4 Å². The molecule has 4 heterocycles. The number of aliphatic imine (C=N–C) groups is 2. The molecule has 6 nitrogen and oxygen atoms in total. The Morgan fingerprint density at radius 1 is 0.462 bits per heavy atom. The Hall–Kier alpha value is -3.42. The summed E-state index contributed by atoms with van der Waals surface area (Å²) in [5.41, 5.74) is 14.3. The summed E-state index contributed by atoms with van der Waals surface area (Å²) >= 11 is 0. The van der Waals surface area contributed by atoms with Gasteiger partial charge in [0.2, 0.25) is 0 Å². The van der Waals surface area contributed by atoms with Crippen LogP contribution in [0.2, 0.25) is 0 Å². The molecule has 0 spiro atoms. The van der Waals surface area contributed by atoms with Gasteiger partial charge in [-0.05, 0) is 134 Å². The van der Waals surface area contributed by atoms with E-state index in [1.165, 1.54) is 11.1 Å². The molecule has 0 radical (unpaired) electrons. The van der Waals surface area contributed by atoms with Crippen molar-refractivity contribution in [3.8, 4) is 33.9 Å². The molecule has 0 unspecified atom stereocenters. The number of pyridine rings is 4. The van der Waals surface area contributed by atoms with Crippen LogP contribution in [0, 0.1) is 27.7 Å². The summed E-state index contributed by atoms with van der Waals surface area (Å²) in [6.07, 6.45) is 8.77. The Bertz CT molecular complexity index is 1870. The Balaban J connectivity index is 0.00000433. The third kappa shape index (κ3) is 12.3. The van der Waals surface area contributed by atoms with Crippen molar-refractivity contribution < 1.29 is 34.1 Å². The fraction of sp³-hybridized carbons (Fsp3) is 0.150. The first-order chi connectivity index (χ1) is 22.4. The first kappa shape index (κ1) is 48.6. The van der Waals surface area contributed by atoms with Crippen LogP contribution < -0.4 is 0 Å². The van der Waals surface area contributed by atoms with Gasteiger partial charge in [0.25, 0.3) is 0 Å². The maximum atomic E-state index is 4.86. The van der Waals surface area contributed by atoms with Gasteiger partial charge in [0.1, 0.15) is 0 Å². The van der Waals surface area contributed by atoms with E-state index >= 15 is 0 Å². The van der Waals surface area contributed by atoms with Crippen LogP contribution >= 0.6 is 49.6 Å². The second-order valence-corrected chi connectivity index (χ2v) is 11.4. The molecule has 274 valence electrons. The Kier molecular flexibility index (Phi) is 21.8. The standard InChI is InChI=1S/C40H36N6.4ClH.2Fe/c1-27-23-31(24-28(2)39(27)43-21-17-33-11-9-15-37(45-33)35-13-5-7-19-41-35)32-25-29(3)40(30(4)26-32)44-22-18-34-12-10-16-38(46-34)36-14-6-8-20-42-36;;;;;;/h5-16,19-26H,17-18H2,1-4H3;4*1H;;. The van der Waals surface area contributed by atoms with Crippen molar-refractivity contribution in [2.24, 2.45) is 9.98 Å². The molecule has 0 aliphatic rings. The van der Waals surface area contributed by atoms with E-state index in [-0.39, 0.29) is 83.8 Å². The van der Waals surface area contributed by atoms with E-state index in [1.807, 2.05) is 85.2 Å². The summed E-state index contributed by atoms with van der Waals surface area (Å²) in [5, 5.41) is 0. The fourth-order valence-corrected chi connectivity index (χ4v) is 5.61. The topological polar surface area (TPSA) is 76.3 Å². The molecule has 0 saturated heterocycles. The van der Waals surface area contributed by atoms with Gasteiger partial charge in [-0.3, -0.25) is 29.9 Å². The van der Waals surface area contributed by atoms with Crippen LogP contribution in [0.1, 0.15) is 33.6 Å². The number of hydrogen-bond acceptors (Lipinski definition) is 6. The molecule has 0 atom stereocenters. The van der Waals surface area contributed by atoms with Crippen LogP contribution in [0.25, 0.3) is 33.9 Å². The smallest absolute Gasteiger partial charge is 0.0889 e. The minimum Gasteiger partial charge on any atom is -0.260 e. The number of aromatic nitrogens is 4. The quantitative estimate of drug-likeness (QED) is 0.107. The van der Waals surface area contributed by atoms with Gasteiger partial charge in [0.15, 0.2) is 0 Å². The molecule has 2 aromatic carbocycles. The first-order valence-electron chi connectivity index (χ1n) is 15.5. The molecule has 0 N–H and O–H groups in total. The van der Waals surface area contributed by atoms with Gasteiger partial charge in [0, 0.05) is 83.2 Å². The average Bonchev–Trinajstić information content (AvgIpc) is 3.08. The first-order valence-corrected chi connectivity index (χ1v) is 15.5. The van der Waals surface area contributed by atoms with Gasteiger partial charge in [-0.15, -0.1) is 49.6 Å². The van der Waals surface area contributed by atoms with E-state index in [0.29, 0.717) is 12.8 Å². The number of benzene rings is 2. The maximum absolute atomic E-state index is 4.86. The molecule has 12 heteroatoms. The largest absolute Gasteiger partial charge is 0.260 e. The third-order valence-corrected chi connectivity index (χ3v) is 7.83. The van der Waals surface area contributed by atoms with E-state index in [2.05, 4.69) is 61.9 Å². The van der Waals surface area contributed by atoms with E-state index in [9.17, 15) is 0 Å². The second kappa shape index (κ2) is 23.3. The van der Waals surface area contributed by atoms with E-state index in [4.69, 9.17) is 20.0 Å². The predicted octanol–water partition coefficient (Wildman–Crippen LogP) is 11.1. The number of halogens is 4. The fourth-order valence-electron chi connectivity index (χ4n) is 5.61. The molecule has 0 aliphatic carbocycles. The molecule has 6 rings (SSSR count). The Morgan fingerprint density at radius 3 is 1.13 bits per heavy atom. The summed E-state index contributed by atoms with van der Waals surface area (Å²) < 4.78 is 0. The minimum absolute atomic E-state index is 0. The molecule has 4 aromatic heterocycles. The molecule has 0 fully saturated rings. The summed E-state index contributed by atoms with van der Waals surface area (Å²) in [5.74, 6) is 0. The Morgan fingerprint density at radius 2 is 0.808 bits per heavy atom. The monoisotopic (exact) mass is 856 g/mol. The van der Waals surface area contributed by atoms with Gasteiger partial charge in [-0.1, -0.05) is 24.3 Å². The van der Waals surface area contributed by atoms with Crippen LogP contribution in [0.15, 0.2) is 119 Å². The molecule has 0 amide bonds. The summed E-state index contributed by atoms with van der Waals surface area (Å²) in [7, 11) is 0. The summed E-state index contributed by atoms with van der Waals surface area (Å²) in [6, 6.07) is 32.7. The number of rotatable bonds is 9. The zero-order valence-corrected chi connectivity index (χ0v) is 34.5. The average molecular weight is 858 g/mol. The SMILES string of the molecule is Cc1cc(-c2cc(C)c(N=CCc3cccc(-c4ccccn4)n3)c(C)c2)cc(C)c1N=CCc1cccc(-c2ccccn2)n1.Cl.Cl.Cl.Cl.[Fe].[Fe]. The maximum Gasteiger partial charge on any atom is 0.0889 e. The summed E-state index contributed by atoms with van der Waals surface area (Å²) in [6.45, 7) is 8.49. The number of aryl methyl sites for hydroxylation is 4. The molecule has 0 aliphatic heterocycles. The number of nitrogens with zero attached hydrogens (tertiary/aromatic N) is 6. The minimum atomic E-state index is 0. The number of hydrogen-bond donors (Lipinski definition) is 0. The van der Waals surface area contributed by atoms with Gasteiger partial charge in [0.05, 0.1) is 34.2 Å². The predicted molar refractivity (Wildman–Crippen MR) is 218 cm³/mol. The van der Waals surface area contributed by atoms with Crippen molar-refractivity contribution in [3.05, 3.63) is 143 Å². The third-order valence-electron chi connectivity index (χ3n) is 7.83. The van der Waals surface area contributed by atoms with Gasteiger partial charge in [-0.2, -0.15) is 0 Å².